The maximum atomic E-state index is 13.8. The monoisotopic (exact) mass is 289 g/mol. The van der Waals surface area contributed by atoms with Gasteiger partial charge in [0.15, 0.2) is 11.6 Å². The first-order valence-corrected chi connectivity index (χ1v) is 6.23. The zero-order chi connectivity index (χ0) is 15.2. The van der Waals surface area contributed by atoms with Crippen molar-refractivity contribution in [1.29, 1.82) is 5.26 Å². The standard InChI is InChI=1S/C15H13F2N3O/c16-13-6-10(9-19)7-14(17)15(13)20-11-2-1-3-12(8-11)21-5-4-18/h1-3,6-8,20H,4-5,18H2. The van der Waals surface area contributed by atoms with Gasteiger partial charge >= 0.3 is 0 Å². The van der Waals surface area contributed by atoms with Gasteiger partial charge in [0.2, 0.25) is 0 Å². The van der Waals surface area contributed by atoms with Gasteiger partial charge in [-0.15, -0.1) is 0 Å². The summed E-state index contributed by atoms with van der Waals surface area (Å²) in [7, 11) is 0. The van der Waals surface area contributed by atoms with Gasteiger partial charge in [-0.25, -0.2) is 8.78 Å². The molecule has 6 heteroatoms. The lowest BCUT2D eigenvalue weighted by atomic mass is 10.2. The highest BCUT2D eigenvalue weighted by Crippen LogP contribution is 2.26. The molecule has 2 rings (SSSR count). The van der Waals surface area contributed by atoms with E-state index in [-0.39, 0.29) is 11.3 Å². The Morgan fingerprint density at radius 2 is 1.90 bits per heavy atom. The van der Waals surface area contributed by atoms with E-state index in [1.165, 1.54) is 0 Å². The predicted octanol–water partition coefficient (Wildman–Crippen LogP) is 2.92. The van der Waals surface area contributed by atoms with Crippen LogP contribution in [0.15, 0.2) is 36.4 Å². The number of nitrogens with zero attached hydrogens (tertiary/aromatic N) is 1. The zero-order valence-corrected chi connectivity index (χ0v) is 11.1. The van der Waals surface area contributed by atoms with E-state index in [9.17, 15) is 8.78 Å². The van der Waals surface area contributed by atoms with Gasteiger partial charge in [-0.1, -0.05) is 6.07 Å². The molecule has 0 spiro atoms. The van der Waals surface area contributed by atoms with Crippen LogP contribution >= 0.6 is 0 Å². The number of halogens is 2. The van der Waals surface area contributed by atoms with Crippen molar-refractivity contribution in [1.82, 2.24) is 0 Å². The summed E-state index contributed by atoms with van der Waals surface area (Å²) in [6, 6.07) is 10.3. The number of anilines is 2. The van der Waals surface area contributed by atoms with Gasteiger partial charge in [-0.3, -0.25) is 0 Å². The molecule has 0 fully saturated rings. The highest BCUT2D eigenvalue weighted by molar-refractivity contribution is 5.63. The molecule has 4 nitrogen and oxygen atoms in total. The summed E-state index contributed by atoms with van der Waals surface area (Å²) in [5.41, 5.74) is 5.42. The summed E-state index contributed by atoms with van der Waals surface area (Å²) in [6.45, 7) is 0.722. The highest BCUT2D eigenvalue weighted by atomic mass is 19.1. The number of ether oxygens (including phenoxy) is 1. The molecule has 0 radical (unpaired) electrons. The van der Waals surface area contributed by atoms with E-state index < -0.39 is 11.6 Å². The molecular weight excluding hydrogens is 276 g/mol. The first-order valence-electron chi connectivity index (χ1n) is 6.23. The van der Waals surface area contributed by atoms with Crippen LogP contribution in [-0.4, -0.2) is 13.2 Å². The van der Waals surface area contributed by atoms with Crippen LogP contribution in [0, 0.1) is 23.0 Å². The van der Waals surface area contributed by atoms with Crippen molar-refractivity contribution in [2.45, 2.75) is 0 Å². The van der Waals surface area contributed by atoms with Gasteiger partial charge in [0.1, 0.15) is 18.0 Å². The lowest BCUT2D eigenvalue weighted by Gasteiger charge is -2.11. The van der Waals surface area contributed by atoms with Crippen LogP contribution in [0.1, 0.15) is 5.56 Å². The van der Waals surface area contributed by atoms with Crippen molar-refractivity contribution in [3.63, 3.8) is 0 Å². The summed E-state index contributed by atoms with van der Waals surface area (Å²) in [4.78, 5) is 0. The zero-order valence-electron chi connectivity index (χ0n) is 11.1. The number of nitrogens with one attached hydrogen (secondary N) is 1. The van der Waals surface area contributed by atoms with Crippen molar-refractivity contribution >= 4 is 11.4 Å². The van der Waals surface area contributed by atoms with Gasteiger partial charge in [0.25, 0.3) is 0 Å². The Hall–Kier alpha value is -2.65. The molecule has 0 aliphatic carbocycles. The third kappa shape index (κ3) is 3.68. The SMILES string of the molecule is N#Cc1cc(F)c(Nc2cccc(OCCN)c2)c(F)c1. The summed E-state index contributed by atoms with van der Waals surface area (Å²) in [5.74, 6) is -1.13. The smallest absolute Gasteiger partial charge is 0.150 e. The van der Waals surface area contributed by atoms with Gasteiger partial charge in [-0.05, 0) is 24.3 Å². The van der Waals surface area contributed by atoms with Crippen LogP contribution in [-0.2, 0) is 0 Å². The Morgan fingerprint density at radius 1 is 1.19 bits per heavy atom. The Labute approximate surface area is 120 Å². The number of hydrogen-bond donors (Lipinski definition) is 2. The Bertz CT molecular complexity index is 660. The molecule has 0 atom stereocenters. The van der Waals surface area contributed by atoms with E-state index in [0.29, 0.717) is 24.6 Å². The second kappa shape index (κ2) is 6.68. The number of benzene rings is 2. The van der Waals surface area contributed by atoms with Crippen LogP contribution in [0.4, 0.5) is 20.2 Å². The lowest BCUT2D eigenvalue weighted by molar-refractivity contribution is 0.328. The largest absolute Gasteiger partial charge is 0.492 e. The molecule has 3 N–H and O–H groups in total. The number of rotatable bonds is 5. The third-order valence-corrected chi connectivity index (χ3v) is 2.66. The molecular formula is C15H13F2N3O. The van der Waals surface area contributed by atoms with E-state index in [4.69, 9.17) is 15.7 Å². The van der Waals surface area contributed by atoms with Crippen LogP contribution in [0.5, 0.6) is 5.75 Å². The van der Waals surface area contributed by atoms with Gasteiger partial charge in [0.05, 0.1) is 11.6 Å². The minimum Gasteiger partial charge on any atom is -0.492 e. The molecule has 0 amide bonds. The lowest BCUT2D eigenvalue weighted by Crippen LogP contribution is -2.10. The average molecular weight is 289 g/mol. The number of nitriles is 1. The quantitative estimate of drug-likeness (QED) is 0.887. The van der Waals surface area contributed by atoms with Crippen molar-refractivity contribution < 1.29 is 13.5 Å². The van der Waals surface area contributed by atoms with Crippen molar-refractivity contribution in [2.24, 2.45) is 5.73 Å². The second-order valence-corrected chi connectivity index (χ2v) is 4.22. The molecule has 108 valence electrons. The predicted molar refractivity (Wildman–Crippen MR) is 75.3 cm³/mol. The fraction of sp³-hybridized carbons (Fsp3) is 0.133. The topological polar surface area (TPSA) is 71.1 Å². The van der Waals surface area contributed by atoms with Crippen LogP contribution < -0.4 is 15.8 Å². The van der Waals surface area contributed by atoms with E-state index in [1.54, 1.807) is 30.3 Å². The maximum Gasteiger partial charge on any atom is 0.150 e. The normalized spacial score (nSPS) is 10.0. The molecule has 0 bridgehead atoms. The van der Waals surface area contributed by atoms with E-state index in [2.05, 4.69) is 5.32 Å². The Balaban J connectivity index is 2.24. The molecule has 0 aromatic heterocycles. The third-order valence-electron chi connectivity index (χ3n) is 2.66. The molecule has 0 unspecified atom stereocenters. The molecule has 21 heavy (non-hydrogen) atoms. The minimum atomic E-state index is -0.833. The van der Waals surface area contributed by atoms with Gasteiger partial charge in [0, 0.05) is 18.3 Å². The minimum absolute atomic E-state index is 0.0735. The van der Waals surface area contributed by atoms with Crippen LogP contribution in [0.2, 0.25) is 0 Å². The average Bonchev–Trinajstić information content (AvgIpc) is 2.49. The van der Waals surface area contributed by atoms with Crippen molar-refractivity contribution in [3.05, 3.63) is 53.6 Å². The number of nitrogens with two attached hydrogens (primary N) is 1. The second-order valence-electron chi connectivity index (χ2n) is 4.22. The Kier molecular flexibility index (Phi) is 4.69. The summed E-state index contributed by atoms with van der Waals surface area (Å²) >= 11 is 0. The maximum absolute atomic E-state index is 13.8. The number of hydrogen-bond acceptors (Lipinski definition) is 4. The molecule has 2 aromatic carbocycles. The van der Waals surface area contributed by atoms with Crippen molar-refractivity contribution in [2.75, 3.05) is 18.5 Å². The van der Waals surface area contributed by atoms with Crippen molar-refractivity contribution in [3.8, 4) is 11.8 Å². The molecule has 2 aromatic rings. The first-order chi connectivity index (χ1) is 10.1. The fourth-order valence-corrected chi connectivity index (χ4v) is 1.74. The molecule has 0 heterocycles. The first kappa shape index (κ1) is 14.8. The molecule has 0 saturated heterocycles. The van der Waals surface area contributed by atoms with E-state index in [0.717, 1.165) is 12.1 Å². The van der Waals surface area contributed by atoms with Gasteiger partial charge < -0.3 is 15.8 Å². The van der Waals surface area contributed by atoms with Gasteiger partial charge in [-0.2, -0.15) is 5.26 Å². The summed E-state index contributed by atoms with van der Waals surface area (Å²) in [5, 5.41) is 11.3. The van der Waals surface area contributed by atoms with Crippen LogP contribution in [0.3, 0.4) is 0 Å². The highest BCUT2D eigenvalue weighted by Gasteiger charge is 2.11. The van der Waals surface area contributed by atoms with E-state index >= 15 is 0 Å². The Morgan fingerprint density at radius 3 is 2.52 bits per heavy atom. The van der Waals surface area contributed by atoms with Crippen LogP contribution in [0.25, 0.3) is 0 Å². The molecule has 0 aliphatic heterocycles. The summed E-state index contributed by atoms with van der Waals surface area (Å²) in [6.07, 6.45) is 0. The molecule has 0 aliphatic rings. The molecule has 0 saturated carbocycles. The summed E-state index contributed by atoms with van der Waals surface area (Å²) < 4.78 is 32.9. The fourth-order valence-electron chi connectivity index (χ4n) is 1.74. The van der Waals surface area contributed by atoms with E-state index in [1.807, 2.05) is 0 Å².